The molecular weight excluding hydrogens is 269 g/mol. The number of nitrogens with zero attached hydrogens (tertiary/aromatic N) is 4. The van der Waals surface area contributed by atoms with Gasteiger partial charge in [0.05, 0.1) is 11.9 Å². The van der Waals surface area contributed by atoms with E-state index >= 15 is 0 Å². The van der Waals surface area contributed by atoms with E-state index in [9.17, 15) is 4.39 Å². The number of hydrogen-bond donors (Lipinski definition) is 1. The Kier molecular flexibility index (Phi) is 3.59. The number of aryl methyl sites for hydroxylation is 1. The van der Waals surface area contributed by atoms with Crippen molar-refractivity contribution in [2.75, 3.05) is 5.32 Å². The molecule has 0 aliphatic heterocycles. The Labute approximate surface area is 121 Å². The standard InChI is InChI=1S/C15H14FN5/c1-21-10-12(9-19-21)14-6-7-17-15(20-14)18-8-11-2-4-13(16)5-3-11/h2-7,9-10H,8H2,1H3,(H,17,18,20). The molecule has 1 aromatic carbocycles. The van der Waals surface area contributed by atoms with Gasteiger partial charge in [-0.2, -0.15) is 5.10 Å². The van der Waals surface area contributed by atoms with Crippen LogP contribution in [-0.2, 0) is 13.6 Å². The third-order valence-electron chi connectivity index (χ3n) is 3.02. The molecule has 0 unspecified atom stereocenters. The predicted molar refractivity (Wildman–Crippen MR) is 78.0 cm³/mol. The highest BCUT2D eigenvalue weighted by Gasteiger charge is 2.04. The number of rotatable bonds is 4. The minimum absolute atomic E-state index is 0.242. The van der Waals surface area contributed by atoms with Crippen LogP contribution in [0.25, 0.3) is 11.3 Å². The van der Waals surface area contributed by atoms with Crippen LogP contribution in [0.5, 0.6) is 0 Å². The lowest BCUT2D eigenvalue weighted by Gasteiger charge is -2.06. The van der Waals surface area contributed by atoms with Crippen molar-refractivity contribution >= 4 is 5.95 Å². The van der Waals surface area contributed by atoms with Gasteiger partial charge in [-0.15, -0.1) is 0 Å². The Bertz CT molecular complexity index is 736. The van der Waals surface area contributed by atoms with Crippen molar-refractivity contribution in [2.24, 2.45) is 7.05 Å². The normalized spacial score (nSPS) is 10.6. The molecule has 6 heteroatoms. The van der Waals surface area contributed by atoms with Crippen molar-refractivity contribution in [3.63, 3.8) is 0 Å². The maximum Gasteiger partial charge on any atom is 0.223 e. The van der Waals surface area contributed by atoms with Gasteiger partial charge in [-0.3, -0.25) is 4.68 Å². The van der Waals surface area contributed by atoms with Gasteiger partial charge < -0.3 is 5.32 Å². The van der Waals surface area contributed by atoms with E-state index in [4.69, 9.17) is 0 Å². The van der Waals surface area contributed by atoms with E-state index in [1.165, 1.54) is 12.1 Å². The number of benzene rings is 1. The maximum atomic E-state index is 12.8. The summed E-state index contributed by atoms with van der Waals surface area (Å²) in [5.74, 6) is 0.286. The number of anilines is 1. The monoisotopic (exact) mass is 283 g/mol. The molecule has 2 aromatic heterocycles. The van der Waals surface area contributed by atoms with Crippen molar-refractivity contribution in [2.45, 2.75) is 6.54 Å². The zero-order valence-electron chi connectivity index (χ0n) is 11.5. The Balaban J connectivity index is 1.73. The lowest BCUT2D eigenvalue weighted by molar-refractivity contribution is 0.627. The Morgan fingerprint density at radius 2 is 2.00 bits per heavy atom. The highest BCUT2D eigenvalue weighted by atomic mass is 19.1. The van der Waals surface area contributed by atoms with Gasteiger partial charge >= 0.3 is 0 Å². The van der Waals surface area contributed by atoms with Gasteiger partial charge in [0.2, 0.25) is 5.95 Å². The van der Waals surface area contributed by atoms with Crippen molar-refractivity contribution in [1.82, 2.24) is 19.7 Å². The molecule has 0 atom stereocenters. The van der Waals surface area contributed by atoms with E-state index in [1.54, 1.807) is 29.2 Å². The van der Waals surface area contributed by atoms with Gasteiger partial charge in [-0.1, -0.05) is 12.1 Å². The fraction of sp³-hybridized carbons (Fsp3) is 0.133. The van der Waals surface area contributed by atoms with Crippen molar-refractivity contribution in [1.29, 1.82) is 0 Å². The summed E-state index contributed by atoms with van der Waals surface area (Å²) >= 11 is 0. The summed E-state index contributed by atoms with van der Waals surface area (Å²) in [6, 6.07) is 8.16. The molecule has 2 heterocycles. The van der Waals surface area contributed by atoms with Gasteiger partial charge in [-0.05, 0) is 23.8 Å². The van der Waals surface area contributed by atoms with Crippen LogP contribution >= 0.6 is 0 Å². The lowest BCUT2D eigenvalue weighted by atomic mass is 10.2. The number of halogens is 1. The Morgan fingerprint density at radius 1 is 1.19 bits per heavy atom. The predicted octanol–water partition coefficient (Wildman–Crippen LogP) is 2.63. The summed E-state index contributed by atoms with van der Waals surface area (Å²) in [4.78, 5) is 8.62. The van der Waals surface area contributed by atoms with E-state index in [0.717, 1.165) is 16.8 Å². The molecule has 0 saturated carbocycles. The second kappa shape index (κ2) is 5.70. The van der Waals surface area contributed by atoms with E-state index in [1.807, 2.05) is 19.3 Å². The molecule has 0 fully saturated rings. The molecule has 0 radical (unpaired) electrons. The van der Waals surface area contributed by atoms with Crippen molar-refractivity contribution in [3.05, 3.63) is 60.3 Å². The second-order valence-corrected chi connectivity index (χ2v) is 4.65. The van der Waals surface area contributed by atoms with Gasteiger partial charge in [0.1, 0.15) is 5.82 Å². The van der Waals surface area contributed by atoms with Gasteiger partial charge in [0.25, 0.3) is 0 Å². The van der Waals surface area contributed by atoms with Gasteiger partial charge in [-0.25, -0.2) is 14.4 Å². The van der Waals surface area contributed by atoms with Crippen LogP contribution in [0.1, 0.15) is 5.56 Å². The smallest absolute Gasteiger partial charge is 0.223 e. The third kappa shape index (κ3) is 3.22. The van der Waals surface area contributed by atoms with Crippen molar-refractivity contribution < 1.29 is 4.39 Å². The number of aromatic nitrogens is 4. The topological polar surface area (TPSA) is 55.6 Å². The SMILES string of the molecule is Cn1cc(-c2ccnc(NCc3ccc(F)cc3)n2)cn1. The molecule has 0 amide bonds. The van der Waals surface area contributed by atoms with E-state index < -0.39 is 0 Å². The summed E-state index contributed by atoms with van der Waals surface area (Å²) in [7, 11) is 1.86. The molecule has 0 aliphatic rings. The van der Waals surface area contributed by atoms with E-state index in [2.05, 4.69) is 20.4 Å². The molecular formula is C15H14FN5. The quantitative estimate of drug-likeness (QED) is 0.799. The second-order valence-electron chi connectivity index (χ2n) is 4.65. The Morgan fingerprint density at radius 3 is 2.71 bits per heavy atom. The van der Waals surface area contributed by atoms with Crippen LogP contribution in [0, 0.1) is 5.82 Å². The summed E-state index contributed by atoms with van der Waals surface area (Å²) in [6.45, 7) is 0.538. The van der Waals surface area contributed by atoms with Crippen LogP contribution in [0.4, 0.5) is 10.3 Å². The average molecular weight is 283 g/mol. The molecule has 0 aliphatic carbocycles. The van der Waals surface area contributed by atoms with Gasteiger partial charge in [0.15, 0.2) is 0 Å². The molecule has 3 aromatic rings. The molecule has 3 rings (SSSR count). The summed E-state index contributed by atoms with van der Waals surface area (Å²) in [6.07, 6.45) is 5.35. The minimum Gasteiger partial charge on any atom is -0.350 e. The van der Waals surface area contributed by atoms with Crippen LogP contribution in [0.2, 0.25) is 0 Å². The first kappa shape index (κ1) is 13.2. The molecule has 0 spiro atoms. The molecule has 0 saturated heterocycles. The zero-order valence-corrected chi connectivity index (χ0v) is 11.5. The zero-order chi connectivity index (χ0) is 14.7. The van der Waals surface area contributed by atoms with Crippen molar-refractivity contribution in [3.8, 4) is 11.3 Å². The average Bonchev–Trinajstić information content (AvgIpc) is 2.94. The van der Waals surface area contributed by atoms with Gasteiger partial charge in [0, 0.05) is 31.5 Å². The van der Waals surface area contributed by atoms with E-state index in [-0.39, 0.29) is 5.82 Å². The summed E-state index contributed by atoms with van der Waals surface area (Å²) in [5.41, 5.74) is 2.70. The largest absolute Gasteiger partial charge is 0.350 e. The fourth-order valence-corrected chi connectivity index (χ4v) is 1.94. The molecule has 0 bridgehead atoms. The lowest BCUT2D eigenvalue weighted by Crippen LogP contribution is -2.03. The molecule has 1 N–H and O–H groups in total. The first-order chi connectivity index (χ1) is 10.2. The fourth-order valence-electron chi connectivity index (χ4n) is 1.94. The van der Waals surface area contributed by atoms with Crippen LogP contribution < -0.4 is 5.32 Å². The van der Waals surface area contributed by atoms with Crippen LogP contribution in [0.3, 0.4) is 0 Å². The van der Waals surface area contributed by atoms with Crippen LogP contribution in [-0.4, -0.2) is 19.7 Å². The first-order valence-corrected chi connectivity index (χ1v) is 6.51. The third-order valence-corrected chi connectivity index (χ3v) is 3.02. The van der Waals surface area contributed by atoms with Crippen LogP contribution in [0.15, 0.2) is 48.9 Å². The minimum atomic E-state index is -0.242. The number of hydrogen-bond acceptors (Lipinski definition) is 4. The maximum absolute atomic E-state index is 12.8. The van der Waals surface area contributed by atoms with E-state index in [0.29, 0.717) is 12.5 Å². The summed E-state index contributed by atoms with van der Waals surface area (Å²) in [5, 5.41) is 7.25. The Hall–Kier alpha value is -2.76. The number of nitrogens with one attached hydrogen (secondary N) is 1. The summed E-state index contributed by atoms with van der Waals surface area (Å²) < 4.78 is 14.6. The highest BCUT2D eigenvalue weighted by molar-refractivity contribution is 5.57. The molecule has 21 heavy (non-hydrogen) atoms. The first-order valence-electron chi connectivity index (χ1n) is 6.51. The molecule has 5 nitrogen and oxygen atoms in total. The molecule has 106 valence electrons. The highest BCUT2D eigenvalue weighted by Crippen LogP contribution is 2.16.